The Morgan fingerprint density at radius 3 is 1.92 bits per heavy atom. The van der Waals surface area contributed by atoms with Crippen molar-refractivity contribution in [3.63, 3.8) is 0 Å². The van der Waals surface area contributed by atoms with Crippen molar-refractivity contribution in [1.82, 2.24) is 0 Å². The standard InChI is InChI=1S/C23H20NOP/c24-15-14-20-16-18-8-7-9-19(18)17-23(20)26(25,21-10-3-1-4-11-21)22-12-5-2-6-13-22/h1-6,10-13,16-17H,7-9,14H2. The molecule has 128 valence electrons. The Morgan fingerprint density at radius 1 is 0.846 bits per heavy atom. The molecule has 2 nitrogen and oxygen atoms in total. The second kappa shape index (κ2) is 6.94. The van der Waals surface area contributed by atoms with Crippen LogP contribution in [-0.2, 0) is 23.8 Å². The molecule has 4 rings (SSSR count). The largest absolute Gasteiger partial charge is 0.309 e. The third-order valence-electron chi connectivity index (χ3n) is 5.14. The lowest BCUT2D eigenvalue weighted by atomic mass is 10.0. The first-order chi connectivity index (χ1) is 12.7. The second-order valence-corrected chi connectivity index (χ2v) is 9.45. The number of fused-ring (bicyclic) bond motifs is 1. The van der Waals surface area contributed by atoms with Crippen LogP contribution >= 0.6 is 7.14 Å². The molecule has 1 aliphatic rings. The van der Waals surface area contributed by atoms with E-state index in [-0.39, 0.29) is 6.42 Å². The first kappa shape index (κ1) is 16.8. The monoisotopic (exact) mass is 357 g/mol. The summed E-state index contributed by atoms with van der Waals surface area (Å²) in [5.74, 6) is 0. The molecule has 0 saturated carbocycles. The molecule has 0 aromatic heterocycles. The van der Waals surface area contributed by atoms with Crippen molar-refractivity contribution in [3.05, 3.63) is 89.5 Å². The highest BCUT2D eigenvalue weighted by atomic mass is 31.2. The van der Waals surface area contributed by atoms with Gasteiger partial charge in [-0.15, -0.1) is 0 Å². The van der Waals surface area contributed by atoms with E-state index in [0.717, 1.165) is 40.7 Å². The predicted molar refractivity (Wildman–Crippen MR) is 107 cm³/mol. The topological polar surface area (TPSA) is 40.9 Å². The summed E-state index contributed by atoms with van der Waals surface area (Å²) in [6.07, 6.45) is 3.49. The summed E-state index contributed by atoms with van der Waals surface area (Å²) in [7, 11) is -3.03. The van der Waals surface area contributed by atoms with Gasteiger partial charge in [0, 0.05) is 15.9 Å². The van der Waals surface area contributed by atoms with E-state index >= 15 is 0 Å². The van der Waals surface area contributed by atoms with Crippen LogP contribution in [0.5, 0.6) is 0 Å². The maximum Gasteiger partial charge on any atom is 0.171 e. The van der Waals surface area contributed by atoms with Crippen molar-refractivity contribution in [2.75, 3.05) is 0 Å². The first-order valence-electron chi connectivity index (χ1n) is 8.97. The van der Waals surface area contributed by atoms with Gasteiger partial charge in [-0.3, -0.25) is 0 Å². The fraction of sp³-hybridized carbons (Fsp3) is 0.174. The van der Waals surface area contributed by atoms with Gasteiger partial charge >= 0.3 is 0 Å². The van der Waals surface area contributed by atoms with E-state index in [1.807, 2.05) is 60.7 Å². The summed E-state index contributed by atoms with van der Waals surface area (Å²) >= 11 is 0. The van der Waals surface area contributed by atoms with Crippen LogP contribution in [0.1, 0.15) is 23.1 Å². The van der Waals surface area contributed by atoms with E-state index in [0.29, 0.717) is 0 Å². The van der Waals surface area contributed by atoms with Crippen LogP contribution < -0.4 is 15.9 Å². The van der Waals surface area contributed by atoms with Gasteiger partial charge in [-0.2, -0.15) is 5.26 Å². The molecule has 0 N–H and O–H groups in total. The van der Waals surface area contributed by atoms with E-state index < -0.39 is 7.14 Å². The summed E-state index contributed by atoms with van der Waals surface area (Å²) in [6.45, 7) is 0. The van der Waals surface area contributed by atoms with Gasteiger partial charge in [0.25, 0.3) is 0 Å². The molecule has 1 aliphatic carbocycles. The molecule has 0 spiro atoms. The number of hydrogen-bond acceptors (Lipinski definition) is 2. The molecule has 0 atom stereocenters. The van der Waals surface area contributed by atoms with E-state index in [1.165, 1.54) is 11.1 Å². The van der Waals surface area contributed by atoms with E-state index in [2.05, 4.69) is 18.2 Å². The average molecular weight is 357 g/mol. The lowest BCUT2D eigenvalue weighted by Crippen LogP contribution is -2.28. The molecule has 0 heterocycles. The van der Waals surface area contributed by atoms with Gasteiger partial charge in [-0.25, -0.2) is 0 Å². The first-order valence-corrected chi connectivity index (χ1v) is 10.7. The van der Waals surface area contributed by atoms with Crippen LogP contribution in [0.25, 0.3) is 0 Å². The molecule has 26 heavy (non-hydrogen) atoms. The molecule has 0 fully saturated rings. The molecule has 0 radical (unpaired) electrons. The van der Waals surface area contributed by atoms with E-state index in [1.54, 1.807) is 0 Å². The molecular weight excluding hydrogens is 337 g/mol. The average Bonchev–Trinajstić information content (AvgIpc) is 3.16. The fourth-order valence-electron chi connectivity index (χ4n) is 3.89. The Labute approximate surface area is 154 Å². The maximum atomic E-state index is 14.6. The summed E-state index contributed by atoms with van der Waals surface area (Å²) < 4.78 is 14.6. The van der Waals surface area contributed by atoms with Crippen LogP contribution in [0.3, 0.4) is 0 Å². The van der Waals surface area contributed by atoms with Gasteiger partial charge in [0.1, 0.15) is 0 Å². The normalized spacial score (nSPS) is 13.2. The van der Waals surface area contributed by atoms with Gasteiger partial charge in [-0.05, 0) is 42.0 Å². The van der Waals surface area contributed by atoms with Crippen molar-refractivity contribution < 1.29 is 4.57 Å². The highest BCUT2D eigenvalue weighted by Gasteiger charge is 2.33. The highest BCUT2D eigenvalue weighted by molar-refractivity contribution is 7.85. The van der Waals surface area contributed by atoms with Gasteiger partial charge in [0.15, 0.2) is 7.14 Å². The number of rotatable bonds is 4. The van der Waals surface area contributed by atoms with Gasteiger partial charge in [0.05, 0.1) is 12.5 Å². The number of nitrogens with zero attached hydrogens (tertiary/aromatic N) is 1. The van der Waals surface area contributed by atoms with Gasteiger partial charge in [0.2, 0.25) is 0 Å². The quantitative estimate of drug-likeness (QED) is 0.665. The zero-order valence-corrected chi connectivity index (χ0v) is 15.5. The molecule has 0 unspecified atom stereocenters. The van der Waals surface area contributed by atoms with Crippen molar-refractivity contribution in [3.8, 4) is 6.07 Å². The molecule has 3 aromatic carbocycles. The predicted octanol–water partition coefficient (Wildman–Crippen LogP) is 3.88. The third-order valence-corrected chi connectivity index (χ3v) is 8.29. The van der Waals surface area contributed by atoms with E-state index in [9.17, 15) is 9.83 Å². The minimum atomic E-state index is -3.03. The van der Waals surface area contributed by atoms with Crippen molar-refractivity contribution in [2.24, 2.45) is 0 Å². The summed E-state index contributed by atoms with van der Waals surface area (Å²) in [5.41, 5.74) is 3.50. The van der Waals surface area contributed by atoms with Crippen LogP contribution in [0.15, 0.2) is 72.8 Å². The number of nitriles is 1. The maximum absolute atomic E-state index is 14.6. The molecule has 0 amide bonds. The van der Waals surface area contributed by atoms with Crippen LogP contribution in [0.2, 0.25) is 0 Å². The highest BCUT2D eigenvalue weighted by Crippen LogP contribution is 2.44. The molecule has 0 bridgehead atoms. The number of aryl methyl sites for hydroxylation is 2. The molecular formula is C23H20NOP. The lowest BCUT2D eigenvalue weighted by Gasteiger charge is -2.23. The van der Waals surface area contributed by atoms with Crippen LogP contribution in [0.4, 0.5) is 0 Å². The Morgan fingerprint density at radius 2 is 1.38 bits per heavy atom. The van der Waals surface area contributed by atoms with Crippen molar-refractivity contribution >= 4 is 23.1 Å². The minimum Gasteiger partial charge on any atom is -0.309 e. The Hall–Kier alpha value is -2.62. The van der Waals surface area contributed by atoms with Gasteiger partial charge in [-0.1, -0.05) is 66.7 Å². The van der Waals surface area contributed by atoms with E-state index in [4.69, 9.17) is 0 Å². The van der Waals surface area contributed by atoms with Crippen molar-refractivity contribution in [1.29, 1.82) is 5.26 Å². The Balaban J connectivity index is 2.02. The molecule has 0 saturated heterocycles. The number of benzene rings is 3. The summed E-state index contributed by atoms with van der Waals surface area (Å²) in [4.78, 5) is 0. The summed E-state index contributed by atoms with van der Waals surface area (Å²) in [6, 6.07) is 25.9. The zero-order chi connectivity index (χ0) is 18.0. The minimum absolute atomic E-state index is 0.284. The SMILES string of the molecule is N#CCc1cc2c(cc1P(=O)(c1ccccc1)c1ccccc1)CCC2. The number of hydrogen-bond donors (Lipinski definition) is 0. The Bertz CT molecular complexity index is 976. The zero-order valence-electron chi connectivity index (χ0n) is 14.6. The fourth-order valence-corrected chi connectivity index (χ4v) is 6.81. The van der Waals surface area contributed by atoms with Crippen molar-refractivity contribution in [2.45, 2.75) is 25.7 Å². The van der Waals surface area contributed by atoms with Gasteiger partial charge < -0.3 is 4.57 Å². The molecule has 0 aliphatic heterocycles. The van der Waals surface area contributed by atoms with Crippen LogP contribution in [-0.4, -0.2) is 0 Å². The summed E-state index contributed by atoms with van der Waals surface area (Å²) in [5, 5.41) is 11.8. The van der Waals surface area contributed by atoms with Crippen LogP contribution in [0, 0.1) is 11.3 Å². The molecule has 3 aromatic rings. The second-order valence-electron chi connectivity index (χ2n) is 6.72. The lowest BCUT2D eigenvalue weighted by molar-refractivity contribution is 0.592. The Kier molecular flexibility index (Phi) is 4.49. The smallest absolute Gasteiger partial charge is 0.171 e. The third kappa shape index (κ3) is 2.79. The molecule has 3 heteroatoms.